The van der Waals surface area contributed by atoms with Gasteiger partial charge in [0.05, 0.1) is 17.9 Å². The van der Waals surface area contributed by atoms with E-state index >= 15 is 0 Å². The standard InChI is InChI=1S/C16H16BrClN2/c1-16(2)8-10-3-4-11(18)7-13(10)15(16)20-12-5-6-14(17)19-9-12/h3-7,9,15,20H,8H2,1-2H3. The number of fused-ring (bicyclic) bond motifs is 1. The van der Waals surface area contributed by atoms with Crippen molar-refractivity contribution in [3.8, 4) is 0 Å². The number of halogens is 2. The van der Waals surface area contributed by atoms with E-state index in [1.165, 1.54) is 11.1 Å². The van der Waals surface area contributed by atoms with Crippen LogP contribution in [0.5, 0.6) is 0 Å². The molecule has 0 bridgehead atoms. The quantitative estimate of drug-likeness (QED) is 0.749. The highest BCUT2D eigenvalue weighted by Gasteiger charge is 2.39. The van der Waals surface area contributed by atoms with Gasteiger partial charge in [-0.05, 0) is 63.2 Å². The van der Waals surface area contributed by atoms with E-state index in [1.807, 2.05) is 24.4 Å². The van der Waals surface area contributed by atoms with E-state index < -0.39 is 0 Å². The second-order valence-corrected chi connectivity index (χ2v) is 7.20. The Balaban J connectivity index is 1.95. The first-order valence-electron chi connectivity index (χ1n) is 6.62. The van der Waals surface area contributed by atoms with E-state index in [4.69, 9.17) is 11.6 Å². The molecule has 3 rings (SSSR count). The third-order valence-electron chi connectivity index (χ3n) is 3.88. The summed E-state index contributed by atoms with van der Waals surface area (Å²) >= 11 is 9.52. The molecule has 1 N–H and O–H groups in total. The van der Waals surface area contributed by atoms with Crippen LogP contribution >= 0.6 is 27.5 Å². The first kappa shape index (κ1) is 13.9. The molecule has 0 fully saturated rings. The highest BCUT2D eigenvalue weighted by Crippen LogP contribution is 2.47. The number of rotatable bonds is 2. The van der Waals surface area contributed by atoms with Gasteiger partial charge in [0.15, 0.2) is 0 Å². The van der Waals surface area contributed by atoms with Gasteiger partial charge in [-0.3, -0.25) is 0 Å². The average Bonchev–Trinajstić information content (AvgIpc) is 2.63. The van der Waals surface area contributed by atoms with Gasteiger partial charge in [0.1, 0.15) is 4.60 Å². The predicted octanol–water partition coefficient (Wildman–Crippen LogP) is 5.23. The summed E-state index contributed by atoms with van der Waals surface area (Å²) in [5, 5.41) is 4.39. The van der Waals surface area contributed by atoms with Crippen LogP contribution in [0.2, 0.25) is 5.02 Å². The molecule has 0 radical (unpaired) electrons. The zero-order valence-electron chi connectivity index (χ0n) is 11.5. The first-order valence-corrected chi connectivity index (χ1v) is 7.79. The Bertz CT molecular complexity index is 637. The SMILES string of the molecule is CC1(C)Cc2ccc(Cl)cc2C1Nc1ccc(Br)nc1. The summed E-state index contributed by atoms with van der Waals surface area (Å²) in [5.74, 6) is 0. The summed E-state index contributed by atoms with van der Waals surface area (Å²) < 4.78 is 0.845. The molecule has 2 nitrogen and oxygen atoms in total. The number of nitrogens with zero attached hydrogens (tertiary/aromatic N) is 1. The fourth-order valence-corrected chi connectivity index (χ4v) is 3.33. The maximum atomic E-state index is 6.16. The Morgan fingerprint density at radius 3 is 2.80 bits per heavy atom. The number of hydrogen-bond acceptors (Lipinski definition) is 2. The van der Waals surface area contributed by atoms with E-state index in [2.05, 4.69) is 52.2 Å². The smallest absolute Gasteiger partial charge is 0.106 e. The van der Waals surface area contributed by atoms with Gasteiger partial charge in [-0.2, -0.15) is 0 Å². The lowest BCUT2D eigenvalue weighted by atomic mass is 9.85. The molecule has 1 aromatic heterocycles. The van der Waals surface area contributed by atoms with Crippen molar-refractivity contribution < 1.29 is 0 Å². The van der Waals surface area contributed by atoms with Crippen LogP contribution < -0.4 is 5.32 Å². The Labute approximate surface area is 132 Å². The first-order chi connectivity index (χ1) is 9.45. The molecule has 0 saturated heterocycles. The number of nitrogens with one attached hydrogen (secondary N) is 1. The molecular weight excluding hydrogens is 336 g/mol. The normalized spacial score (nSPS) is 19.7. The van der Waals surface area contributed by atoms with Crippen molar-refractivity contribution in [3.05, 3.63) is 57.3 Å². The average molecular weight is 352 g/mol. The van der Waals surface area contributed by atoms with E-state index in [0.29, 0.717) is 0 Å². The number of pyridine rings is 1. The third kappa shape index (κ3) is 2.57. The maximum Gasteiger partial charge on any atom is 0.106 e. The summed E-state index contributed by atoms with van der Waals surface area (Å²) in [4.78, 5) is 4.27. The molecule has 1 atom stereocenters. The van der Waals surface area contributed by atoms with Crippen molar-refractivity contribution in [2.24, 2.45) is 5.41 Å². The molecule has 0 amide bonds. The lowest BCUT2D eigenvalue weighted by Gasteiger charge is -2.29. The summed E-state index contributed by atoms with van der Waals surface area (Å²) in [6.07, 6.45) is 2.91. The second-order valence-electron chi connectivity index (χ2n) is 5.96. The summed E-state index contributed by atoms with van der Waals surface area (Å²) in [6, 6.07) is 10.4. The van der Waals surface area contributed by atoms with Crippen molar-refractivity contribution >= 4 is 33.2 Å². The minimum absolute atomic E-state index is 0.153. The Hall–Kier alpha value is -1.06. The molecule has 1 aromatic carbocycles. The molecule has 104 valence electrons. The fourth-order valence-electron chi connectivity index (χ4n) is 2.91. The number of aromatic nitrogens is 1. The minimum Gasteiger partial charge on any atom is -0.376 e. The molecule has 1 heterocycles. The monoisotopic (exact) mass is 350 g/mol. The van der Waals surface area contributed by atoms with Gasteiger partial charge in [0, 0.05) is 5.02 Å². The van der Waals surface area contributed by atoms with Gasteiger partial charge >= 0.3 is 0 Å². The van der Waals surface area contributed by atoms with Gasteiger partial charge in [-0.1, -0.05) is 31.5 Å². The van der Waals surface area contributed by atoms with Crippen LogP contribution in [-0.2, 0) is 6.42 Å². The van der Waals surface area contributed by atoms with Crippen molar-refractivity contribution in [1.82, 2.24) is 4.98 Å². The van der Waals surface area contributed by atoms with E-state index in [1.54, 1.807) is 0 Å². The molecular formula is C16H16BrClN2. The summed E-state index contributed by atoms with van der Waals surface area (Å²) in [7, 11) is 0. The van der Waals surface area contributed by atoms with Crippen molar-refractivity contribution in [1.29, 1.82) is 0 Å². The second kappa shape index (κ2) is 5.05. The van der Waals surface area contributed by atoms with Gasteiger partial charge in [0.25, 0.3) is 0 Å². The topological polar surface area (TPSA) is 24.9 Å². The van der Waals surface area contributed by atoms with Gasteiger partial charge in [-0.15, -0.1) is 0 Å². The van der Waals surface area contributed by atoms with Crippen molar-refractivity contribution in [2.75, 3.05) is 5.32 Å². The van der Waals surface area contributed by atoms with E-state index in [0.717, 1.165) is 21.7 Å². The lowest BCUT2D eigenvalue weighted by Crippen LogP contribution is -2.24. The molecule has 1 unspecified atom stereocenters. The van der Waals surface area contributed by atoms with E-state index in [9.17, 15) is 0 Å². The highest BCUT2D eigenvalue weighted by atomic mass is 79.9. The molecule has 0 saturated carbocycles. The molecule has 4 heteroatoms. The molecule has 1 aliphatic carbocycles. The van der Waals surface area contributed by atoms with Crippen LogP contribution in [0.15, 0.2) is 41.1 Å². The van der Waals surface area contributed by atoms with Crippen LogP contribution in [-0.4, -0.2) is 4.98 Å². The Kier molecular flexibility index (Phi) is 3.51. The molecule has 1 aliphatic rings. The number of anilines is 1. The summed E-state index contributed by atoms with van der Waals surface area (Å²) in [6.45, 7) is 4.57. The van der Waals surface area contributed by atoms with Crippen LogP contribution in [0.25, 0.3) is 0 Å². The van der Waals surface area contributed by atoms with Gasteiger partial charge < -0.3 is 5.32 Å². The molecule has 20 heavy (non-hydrogen) atoms. The van der Waals surface area contributed by atoms with E-state index in [-0.39, 0.29) is 11.5 Å². The van der Waals surface area contributed by atoms with Crippen LogP contribution in [0.1, 0.15) is 31.0 Å². The minimum atomic E-state index is 0.153. The van der Waals surface area contributed by atoms with Gasteiger partial charge in [-0.25, -0.2) is 4.98 Å². The zero-order valence-corrected chi connectivity index (χ0v) is 13.8. The lowest BCUT2D eigenvalue weighted by molar-refractivity contribution is 0.337. The van der Waals surface area contributed by atoms with Crippen LogP contribution in [0.3, 0.4) is 0 Å². The van der Waals surface area contributed by atoms with Crippen molar-refractivity contribution in [3.63, 3.8) is 0 Å². The largest absolute Gasteiger partial charge is 0.376 e. The molecule has 0 aliphatic heterocycles. The molecule has 2 aromatic rings. The zero-order chi connectivity index (χ0) is 14.3. The predicted molar refractivity (Wildman–Crippen MR) is 87.2 cm³/mol. The Morgan fingerprint density at radius 1 is 1.30 bits per heavy atom. The number of hydrogen-bond donors (Lipinski definition) is 1. The van der Waals surface area contributed by atoms with Crippen molar-refractivity contribution in [2.45, 2.75) is 26.3 Å². The summed E-state index contributed by atoms with van der Waals surface area (Å²) in [5.41, 5.74) is 3.85. The third-order valence-corrected chi connectivity index (χ3v) is 4.59. The molecule has 0 spiro atoms. The van der Waals surface area contributed by atoms with Gasteiger partial charge in [0.2, 0.25) is 0 Å². The maximum absolute atomic E-state index is 6.16. The Morgan fingerprint density at radius 2 is 2.10 bits per heavy atom. The van der Waals surface area contributed by atoms with Crippen LogP contribution in [0.4, 0.5) is 5.69 Å². The fraction of sp³-hybridized carbons (Fsp3) is 0.312. The highest BCUT2D eigenvalue weighted by molar-refractivity contribution is 9.10. The number of benzene rings is 1. The van der Waals surface area contributed by atoms with Crippen LogP contribution in [0, 0.1) is 5.41 Å².